The van der Waals surface area contributed by atoms with Gasteiger partial charge in [0.2, 0.25) is 0 Å². The van der Waals surface area contributed by atoms with Crippen LogP contribution in [0.3, 0.4) is 0 Å². The number of benzene rings is 1. The Morgan fingerprint density at radius 3 is 2.00 bits per heavy atom. The molecular weight excluding hydrogens is 262 g/mol. The van der Waals surface area contributed by atoms with Crippen molar-refractivity contribution in [2.45, 2.75) is 44.9 Å². The Kier molecular flexibility index (Phi) is 4.36. The molecule has 0 spiro atoms. The van der Waals surface area contributed by atoms with E-state index in [0.717, 1.165) is 6.42 Å². The number of rotatable bonds is 4. The van der Waals surface area contributed by atoms with Crippen LogP contribution in [0.2, 0.25) is 0 Å². The first kappa shape index (κ1) is 15.3. The van der Waals surface area contributed by atoms with Crippen LogP contribution in [0.1, 0.15) is 43.7 Å². The lowest BCUT2D eigenvalue weighted by Gasteiger charge is -2.29. The standard InChI is InChI=1S/C18H25NS/c1-17(2,3)14-7-9-15(10-8-14)18(4,13-19)12-16-6-5-11-20-16/h5-11H,12-13,19H2,1-4H3. The third-order valence-electron chi connectivity index (χ3n) is 4.04. The normalized spacial score (nSPS) is 15.1. The molecule has 0 aliphatic carbocycles. The van der Waals surface area contributed by atoms with E-state index in [2.05, 4.69) is 69.5 Å². The summed E-state index contributed by atoms with van der Waals surface area (Å²) < 4.78 is 0. The molecule has 1 heterocycles. The molecule has 2 rings (SSSR count). The van der Waals surface area contributed by atoms with Crippen molar-refractivity contribution in [1.82, 2.24) is 0 Å². The molecule has 0 aliphatic rings. The highest BCUT2D eigenvalue weighted by molar-refractivity contribution is 7.09. The lowest BCUT2D eigenvalue weighted by molar-refractivity contribution is 0.484. The Labute approximate surface area is 126 Å². The van der Waals surface area contributed by atoms with Gasteiger partial charge in [0.25, 0.3) is 0 Å². The van der Waals surface area contributed by atoms with Crippen molar-refractivity contribution in [3.8, 4) is 0 Å². The molecule has 1 unspecified atom stereocenters. The molecule has 0 amide bonds. The summed E-state index contributed by atoms with van der Waals surface area (Å²) in [6, 6.07) is 13.3. The zero-order valence-corrected chi connectivity index (χ0v) is 13.8. The molecule has 1 aromatic carbocycles. The van der Waals surface area contributed by atoms with Crippen molar-refractivity contribution >= 4 is 11.3 Å². The smallest absolute Gasteiger partial charge is 0.00954 e. The minimum Gasteiger partial charge on any atom is -0.330 e. The average Bonchev–Trinajstić information content (AvgIpc) is 2.90. The SMILES string of the molecule is CC(C)(C)c1ccc(C(C)(CN)Cc2cccs2)cc1. The monoisotopic (exact) mass is 287 g/mol. The lowest BCUT2D eigenvalue weighted by atomic mass is 9.77. The second kappa shape index (κ2) is 5.71. The van der Waals surface area contributed by atoms with Crippen LogP contribution in [0.5, 0.6) is 0 Å². The average molecular weight is 287 g/mol. The number of nitrogens with two attached hydrogens (primary N) is 1. The van der Waals surface area contributed by atoms with Crippen LogP contribution >= 0.6 is 11.3 Å². The van der Waals surface area contributed by atoms with Crippen molar-refractivity contribution in [3.05, 3.63) is 57.8 Å². The van der Waals surface area contributed by atoms with Crippen LogP contribution in [-0.4, -0.2) is 6.54 Å². The maximum Gasteiger partial charge on any atom is 0.00954 e. The predicted molar refractivity (Wildman–Crippen MR) is 89.6 cm³/mol. The van der Waals surface area contributed by atoms with E-state index in [4.69, 9.17) is 5.73 Å². The molecule has 0 radical (unpaired) electrons. The van der Waals surface area contributed by atoms with E-state index in [9.17, 15) is 0 Å². The van der Waals surface area contributed by atoms with Gasteiger partial charge >= 0.3 is 0 Å². The highest BCUT2D eigenvalue weighted by atomic mass is 32.1. The molecule has 2 heteroatoms. The Hall–Kier alpha value is -1.12. The number of thiophene rings is 1. The van der Waals surface area contributed by atoms with Crippen molar-refractivity contribution in [1.29, 1.82) is 0 Å². The quantitative estimate of drug-likeness (QED) is 0.880. The fourth-order valence-corrected chi connectivity index (χ4v) is 3.35. The third-order valence-corrected chi connectivity index (χ3v) is 4.92. The summed E-state index contributed by atoms with van der Waals surface area (Å²) >= 11 is 1.81. The molecule has 0 bridgehead atoms. The van der Waals surface area contributed by atoms with E-state index in [1.807, 2.05) is 11.3 Å². The van der Waals surface area contributed by atoms with Gasteiger partial charge in [-0.05, 0) is 34.4 Å². The predicted octanol–water partition coefficient (Wildman–Crippen LogP) is 4.50. The summed E-state index contributed by atoms with van der Waals surface area (Å²) in [6.07, 6.45) is 1.01. The molecule has 1 nitrogen and oxygen atoms in total. The summed E-state index contributed by atoms with van der Waals surface area (Å²) in [5.41, 5.74) is 9.01. The molecular formula is C18H25NS. The largest absolute Gasteiger partial charge is 0.330 e. The Morgan fingerprint density at radius 1 is 0.950 bits per heavy atom. The topological polar surface area (TPSA) is 26.0 Å². The van der Waals surface area contributed by atoms with Crippen LogP contribution in [0.25, 0.3) is 0 Å². The first-order chi connectivity index (χ1) is 9.35. The molecule has 20 heavy (non-hydrogen) atoms. The number of hydrogen-bond acceptors (Lipinski definition) is 2. The first-order valence-corrected chi connectivity index (χ1v) is 8.07. The summed E-state index contributed by atoms with van der Waals surface area (Å²) in [5.74, 6) is 0. The fraction of sp³-hybridized carbons (Fsp3) is 0.444. The van der Waals surface area contributed by atoms with Gasteiger partial charge in [-0.2, -0.15) is 0 Å². The Morgan fingerprint density at radius 2 is 1.55 bits per heavy atom. The van der Waals surface area contributed by atoms with Crippen molar-refractivity contribution in [2.24, 2.45) is 5.73 Å². The van der Waals surface area contributed by atoms with Crippen molar-refractivity contribution in [2.75, 3.05) is 6.54 Å². The summed E-state index contributed by atoms with van der Waals surface area (Å²) in [6.45, 7) is 9.67. The third kappa shape index (κ3) is 3.31. The Bertz CT molecular complexity index is 534. The lowest BCUT2D eigenvalue weighted by Crippen LogP contribution is -2.34. The summed E-state index contributed by atoms with van der Waals surface area (Å²) in [7, 11) is 0. The molecule has 0 saturated heterocycles. The summed E-state index contributed by atoms with van der Waals surface area (Å²) in [4.78, 5) is 1.40. The fourth-order valence-electron chi connectivity index (χ4n) is 2.46. The molecule has 2 aromatic rings. The highest BCUT2D eigenvalue weighted by Crippen LogP contribution is 2.31. The van der Waals surface area contributed by atoms with Gasteiger partial charge in [0.05, 0.1) is 0 Å². The van der Waals surface area contributed by atoms with Crippen molar-refractivity contribution in [3.63, 3.8) is 0 Å². The van der Waals surface area contributed by atoms with Gasteiger partial charge in [-0.15, -0.1) is 11.3 Å². The zero-order valence-electron chi connectivity index (χ0n) is 12.9. The van der Waals surface area contributed by atoms with Gasteiger partial charge in [0, 0.05) is 16.8 Å². The van der Waals surface area contributed by atoms with Gasteiger partial charge in [0.1, 0.15) is 0 Å². The van der Waals surface area contributed by atoms with E-state index in [1.165, 1.54) is 16.0 Å². The van der Waals surface area contributed by atoms with Gasteiger partial charge in [-0.1, -0.05) is 58.0 Å². The van der Waals surface area contributed by atoms with E-state index >= 15 is 0 Å². The molecule has 108 valence electrons. The Balaban J connectivity index is 2.27. The maximum atomic E-state index is 6.08. The van der Waals surface area contributed by atoms with E-state index in [-0.39, 0.29) is 10.8 Å². The van der Waals surface area contributed by atoms with E-state index in [1.54, 1.807) is 0 Å². The van der Waals surface area contributed by atoms with Crippen molar-refractivity contribution < 1.29 is 0 Å². The van der Waals surface area contributed by atoms with E-state index < -0.39 is 0 Å². The number of hydrogen-bond donors (Lipinski definition) is 1. The minimum atomic E-state index is 0.0151. The van der Waals surface area contributed by atoms with Gasteiger partial charge < -0.3 is 5.73 Å². The van der Waals surface area contributed by atoms with Gasteiger partial charge in [-0.25, -0.2) is 0 Å². The minimum absolute atomic E-state index is 0.0151. The maximum absolute atomic E-state index is 6.08. The zero-order chi connectivity index (χ0) is 14.8. The first-order valence-electron chi connectivity index (χ1n) is 7.19. The van der Waals surface area contributed by atoms with Crippen LogP contribution < -0.4 is 5.73 Å². The molecule has 0 fully saturated rings. The second-order valence-electron chi connectivity index (χ2n) is 6.85. The van der Waals surface area contributed by atoms with Crippen LogP contribution in [-0.2, 0) is 17.3 Å². The summed E-state index contributed by atoms with van der Waals surface area (Å²) in [5, 5.41) is 2.13. The molecule has 1 atom stereocenters. The van der Waals surface area contributed by atoms with Gasteiger partial charge in [0.15, 0.2) is 0 Å². The molecule has 2 N–H and O–H groups in total. The highest BCUT2D eigenvalue weighted by Gasteiger charge is 2.26. The molecule has 0 aliphatic heterocycles. The van der Waals surface area contributed by atoms with Gasteiger partial charge in [-0.3, -0.25) is 0 Å². The van der Waals surface area contributed by atoms with E-state index in [0.29, 0.717) is 6.54 Å². The second-order valence-corrected chi connectivity index (χ2v) is 7.88. The molecule has 0 saturated carbocycles. The van der Waals surface area contributed by atoms with Crippen LogP contribution in [0.15, 0.2) is 41.8 Å². The molecule has 1 aromatic heterocycles. The van der Waals surface area contributed by atoms with Crippen LogP contribution in [0.4, 0.5) is 0 Å². The van der Waals surface area contributed by atoms with Crippen LogP contribution in [0, 0.1) is 0 Å².